The summed E-state index contributed by atoms with van der Waals surface area (Å²) in [6.45, 7) is 0. The molecule has 2 heterocycles. The summed E-state index contributed by atoms with van der Waals surface area (Å²) in [7, 11) is 2.93. The zero-order valence-electron chi connectivity index (χ0n) is 15.2. The number of hydrogen-bond donors (Lipinski definition) is 3. The zero-order valence-corrected chi connectivity index (χ0v) is 16.0. The molecule has 1 amide bonds. The van der Waals surface area contributed by atoms with E-state index in [0.717, 1.165) is 5.56 Å². The predicted octanol–water partition coefficient (Wildman–Crippen LogP) is 2.08. The molecule has 1 aliphatic rings. The van der Waals surface area contributed by atoms with Crippen LogP contribution in [-0.4, -0.2) is 32.1 Å². The highest BCUT2D eigenvalue weighted by Crippen LogP contribution is 2.27. The first-order valence-electron chi connectivity index (χ1n) is 8.66. The van der Waals surface area contributed by atoms with Crippen molar-refractivity contribution in [1.82, 2.24) is 16.2 Å². The topological polar surface area (TPSA) is 88.7 Å². The summed E-state index contributed by atoms with van der Waals surface area (Å²) in [5, 5.41) is 4.98. The molecule has 0 bridgehead atoms. The molecule has 0 radical (unpaired) electrons. The number of benzene rings is 1. The molecule has 1 aromatic carbocycles. The number of carbonyl (C=O) groups excluding carboxylic acids is 2. The van der Waals surface area contributed by atoms with Crippen LogP contribution in [0, 0.1) is 0 Å². The molecule has 1 fully saturated rings. The van der Waals surface area contributed by atoms with Gasteiger partial charge in [0.05, 0.1) is 32.7 Å². The number of nitrogens with one attached hydrogen (secondary N) is 3. The third kappa shape index (κ3) is 4.85. The molecule has 2 aromatic rings. The SMILES string of the molecule is COC(=O)CC(NC(=O)C1CC(c2cccs2)NN1)c1ccc(OC)cc1. The fraction of sp³-hybridized carbons (Fsp3) is 0.368. The summed E-state index contributed by atoms with van der Waals surface area (Å²) in [5.74, 6) is 0.165. The Hall–Kier alpha value is -2.42. The van der Waals surface area contributed by atoms with Crippen LogP contribution in [0.3, 0.4) is 0 Å². The minimum absolute atomic E-state index is 0.0586. The van der Waals surface area contributed by atoms with Crippen molar-refractivity contribution in [2.24, 2.45) is 0 Å². The van der Waals surface area contributed by atoms with E-state index in [2.05, 4.69) is 16.2 Å². The zero-order chi connectivity index (χ0) is 19.2. The molecule has 27 heavy (non-hydrogen) atoms. The van der Waals surface area contributed by atoms with E-state index in [-0.39, 0.29) is 30.4 Å². The highest BCUT2D eigenvalue weighted by Gasteiger charge is 2.32. The van der Waals surface area contributed by atoms with E-state index in [0.29, 0.717) is 12.2 Å². The standard InChI is InChI=1S/C19H23N3O4S/c1-25-13-7-5-12(6-8-13)14(11-18(23)26-2)20-19(24)16-10-15(21-22-16)17-4-3-9-27-17/h3-9,14-16,21-22H,10-11H2,1-2H3,(H,20,24). The van der Waals surface area contributed by atoms with Gasteiger partial charge in [-0.2, -0.15) is 0 Å². The van der Waals surface area contributed by atoms with Crippen LogP contribution in [0.5, 0.6) is 5.75 Å². The van der Waals surface area contributed by atoms with Gasteiger partial charge in [0.1, 0.15) is 11.8 Å². The molecule has 3 atom stereocenters. The van der Waals surface area contributed by atoms with Crippen LogP contribution >= 0.6 is 11.3 Å². The molecule has 1 aliphatic heterocycles. The Morgan fingerprint density at radius 3 is 2.63 bits per heavy atom. The Bertz CT molecular complexity index is 764. The van der Waals surface area contributed by atoms with E-state index < -0.39 is 6.04 Å². The van der Waals surface area contributed by atoms with Gasteiger partial charge in [0.15, 0.2) is 0 Å². The maximum absolute atomic E-state index is 12.8. The average molecular weight is 389 g/mol. The summed E-state index contributed by atoms with van der Waals surface area (Å²) in [6.07, 6.45) is 0.697. The van der Waals surface area contributed by atoms with E-state index in [4.69, 9.17) is 9.47 Å². The third-order valence-corrected chi connectivity index (χ3v) is 5.53. The minimum atomic E-state index is -0.474. The van der Waals surface area contributed by atoms with Crippen molar-refractivity contribution in [3.05, 3.63) is 52.2 Å². The molecule has 7 nitrogen and oxygen atoms in total. The number of esters is 1. The number of carbonyl (C=O) groups is 2. The Kier molecular flexibility index (Phi) is 6.44. The van der Waals surface area contributed by atoms with Crippen molar-refractivity contribution in [2.75, 3.05) is 14.2 Å². The second-order valence-electron chi connectivity index (χ2n) is 6.26. The second kappa shape index (κ2) is 8.98. The van der Waals surface area contributed by atoms with Crippen LogP contribution in [-0.2, 0) is 14.3 Å². The summed E-state index contributed by atoms with van der Waals surface area (Å²) < 4.78 is 9.94. The molecule has 3 N–H and O–H groups in total. The largest absolute Gasteiger partial charge is 0.497 e. The Labute approximate surface area is 162 Å². The molecular weight excluding hydrogens is 366 g/mol. The lowest BCUT2D eigenvalue weighted by Gasteiger charge is -2.20. The third-order valence-electron chi connectivity index (χ3n) is 4.54. The van der Waals surface area contributed by atoms with Gasteiger partial charge in [0.2, 0.25) is 5.91 Å². The quantitative estimate of drug-likeness (QED) is 0.629. The Morgan fingerprint density at radius 1 is 1.22 bits per heavy atom. The molecule has 0 saturated carbocycles. The van der Waals surface area contributed by atoms with E-state index >= 15 is 0 Å². The molecule has 8 heteroatoms. The van der Waals surface area contributed by atoms with E-state index in [1.807, 2.05) is 29.6 Å². The number of methoxy groups -OCH3 is 2. The first kappa shape index (κ1) is 19.3. The molecule has 144 valence electrons. The van der Waals surface area contributed by atoms with Gasteiger partial charge in [-0.25, -0.2) is 10.9 Å². The van der Waals surface area contributed by atoms with Crippen LogP contribution in [0.15, 0.2) is 41.8 Å². The van der Waals surface area contributed by atoms with Crippen LogP contribution in [0.4, 0.5) is 0 Å². The molecular formula is C19H23N3O4S. The van der Waals surface area contributed by atoms with Gasteiger partial charge in [-0.3, -0.25) is 9.59 Å². The fourth-order valence-corrected chi connectivity index (χ4v) is 3.81. The van der Waals surface area contributed by atoms with Crippen LogP contribution in [0.25, 0.3) is 0 Å². The fourth-order valence-electron chi connectivity index (χ4n) is 3.01. The van der Waals surface area contributed by atoms with Crippen molar-refractivity contribution < 1.29 is 19.1 Å². The molecule has 1 aromatic heterocycles. The smallest absolute Gasteiger partial charge is 0.307 e. The van der Waals surface area contributed by atoms with Gasteiger partial charge in [-0.05, 0) is 35.6 Å². The predicted molar refractivity (Wildman–Crippen MR) is 102 cm³/mol. The van der Waals surface area contributed by atoms with Crippen LogP contribution in [0.1, 0.15) is 35.4 Å². The highest BCUT2D eigenvalue weighted by molar-refractivity contribution is 7.10. The van der Waals surface area contributed by atoms with Gasteiger partial charge < -0.3 is 14.8 Å². The maximum atomic E-state index is 12.8. The van der Waals surface area contributed by atoms with E-state index in [1.54, 1.807) is 30.6 Å². The van der Waals surface area contributed by atoms with Gasteiger partial charge in [-0.15, -0.1) is 11.3 Å². The Balaban J connectivity index is 1.67. The van der Waals surface area contributed by atoms with Gasteiger partial charge in [-0.1, -0.05) is 18.2 Å². The molecule has 3 unspecified atom stereocenters. The van der Waals surface area contributed by atoms with Crippen molar-refractivity contribution >= 4 is 23.2 Å². The molecule has 1 saturated heterocycles. The number of hydrazine groups is 1. The summed E-state index contributed by atoms with van der Waals surface area (Å²) in [6, 6.07) is 10.5. The second-order valence-corrected chi connectivity index (χ2v) is 7.24. The van der Waals surface area contributed by atoms with E-state index in [9.17, 15) is 9.59 Å². The first-order chi connectivity index (χ1) is 13.1. The van der Waals surface area contributed by atoms with Gasteiger partial charge in [0.25, 0.3) is 0 Å². The maximum Gasteiger partial charge on any atom is 0.307 e. The average Bonchev–Trinajstić information content (AvgIpc) is 3.38. The number of thiophene rings is 1. The lowest BCUT2D eigenvalue weighted by atomic mass is 10.0. The summed E-state index contributed by atoms with van der Waals surface area (Å²) in [4.78, 5) is 25.7. The highest BCUT2D eigenvalue weighted by atomic mass is 32.1. The van der Waals surface area contributed by atoms with E-state index in [1.165, 1.54) is 12.0 Å². The normalized spacial score (nSPS) is 20.1. The summed E-state index contributed by atoms with van der Waals surface area (Å²) >= 11 is 1.65. The van der Waals surface area contributed by atoms with Gasteiger partial charge in [0, 0.05) is 4.88 Å². The Morgan fingerprint density at radius 2 is 2.00 bits per heavy atom. The monoisotopic (exact) mass is 389 g/mol. The van der Waals surface area contributed by atoms with Crippen LogP contribution < -0.4 is 20.9 Å². The first-order valence-corrected chi connectivity index (χ1v) is 9.54. The number of amides is 1. The molecule has 3 rings (SSSR count). The van der Waals surface area contributed by atoms with Crippen molar-refractivity contribution in [1.29, 1.82) is 0 Å². The number of hydrogen-bond acceptors (Lipinski definition) is 7. The molecule has 0 aliphatic carbocycles. The lowest BCUT2D eigenvalue weighted by molar-refractivity contribution is -0.141. The minimum Gasteiger partial charge on any atom is -0.497 e. The van der Waals surface area contributed by atoms with Crippen molar-refractivity contribution in [3.63, 3.8) is 0 Å². The molecule has 0 spiro atoms. The number of ether oxygens (including phenoxy) is 2. The lowest BCUT2D eigenvalue weighted by Crippen LogP contribution is -2.44. The van der Waals surface area contributed by atoms with Crippen molar-refractivity contribution in [2.45, 2.75) is 31.0 Å². The number of rotatable bonds is 7. The van der Waals surface area contributed by atoms with Crippen LogP contribution in [0.2, 0.25) is 0 Å². The van der Waals surface area contributed by atoms with Gasteiger partial charge >= 0.3 is 5.97 Å². The van der Waals surface area contributed by atoms with Crippen molar-refractivity contribution in [3.8, 4) is 5.75 Å². The summed E-state index contributed by atoms with van der Waals surface area (Å²) in [5.41, 5.74) is 7.02.